The molecule has 1 N–H and O–H groups in total. The first-order valence-corrected chi connectivity index (χ1v) is 10.6. The highest BCUT2D eigenvalue weighted by molar-refractivity contribution is 6.31. The van der Waals surface area contributed by atoms with E-state index in [1.165, 1.54) is 12.1 Å². The summed E-state index contributed by atoms with van der Waals surface area (Å²) in [7, 11) is 0. The van der Waals surface area contributed by atoms with Gasteiger partial charge >= 0.3 is 0 Å². The Morgan fingerprint density at radius 3 is 2.65 bits per heavy atom. The van der Waals surface area contributed by atoms with Crippen LogP contribution >= 0.6 is 11.6 Å². The SMILES string of the molecule is CC1(C)CC(=O)C2=C(C1)Nc1ccc3ccccc3c1C2c1cc([N+](=O)[O-])ccc1Cl. The Bertz CT molecular complexity index is 1310. The van der Waals surface area contributed by atoms with E-state index >= 15 is 0 Å². The molecule has 0 aromatic heterocycles. The number of rotatable bonds is 2. The van der Waals surface area contributed by atoms with Crippen LogP contribution in [0.2, 0.25) is 5.02 Å². The minimum Gasteiger partial charge on any atom is -0.358 e. The maximum Gasteiger partial charge on any atom is 0.269 e. The molecule has 1 aliphatic carbocycles. The van der Waals surface area contributed by atoms with Gasteiger partial charge in [-0.05, 0) is 45.9 Å². The molecule has 5 nitrogen and oxygen atoms in total. The number of nitro groups is 1. The summed E-state index contributed by atoms with van der Waals surface area (Å²) in [6, 6.07) is 16.5. The summed E-state index contributed by atoms with van der Waals surface area (Å²) in [6.07, 6.45) is 1.15. The fraction of sp³-hybridized carbons (Fsp3) is 0.240. The Morgan fingerprint density at radius 1 is 1.10 bits per heavy atom. The third kappa shape index (κ3) is 3.20. The number of nitrogens with zero attached hydrogens (tertiary/aromatic N) is 1. The molecule has 156 valence electrons. The van der Waals surface area contributed by atoms with Gasteiger partial charge in [-0.3, -0.25) is 14.9 Å². The van der Waals surface area contributed by atoms with Gasteiger partial charge in [0.15, 0.2) is 5.78 Å². The van der Waals surface area contributed by atoms with Crippen molar-refractivity contribution in [2.75, 3.05) is 5.32 Å². The quantitative estimate of drug-likeness (QED) is 0.365. The molecule has 0 amide bonds. The molecule has 0 bridgehead atoms. The summed E-state index contributed by atoms with van der Waals surface area (Å²) < 4.78 is 0. The smallest absolute Gasteiger partial charge is 0.269 e. The topological polar surface area (TPSA) is 72.2 Å². The number of hydrogen-bond donors (Lipinski definition) is 1. The van der Waals surface area contributed by atoms with Crippen LogP contribution in [0, 0.1) is 15.5 Å². The van der Waals surface area contributed by atoms with Crippen molar-refractivity contribution in [2.24, 2.45) is 5.41 Å². The van der Waals surface area contributed by atoms with Gasteiger partial charge in [-0.2, -0.15) is 0 Å². The summed E-state index contributed by atoms with van der Waals surface area (Å²) in [5, 5.41) is 17.5. The van der Waals surface area contributed by atoms with Gasteiger partial charge in [0, 0.05) is 46.5 Å². The number of hydrogen-bond acceptors (Lipinski definition) is 4. The van der Waals surface area contributed by atoms with Crippen LogP contribution in [-0.2, 0) is 4.79 Å². The van der Waals surface area contributed by atoms with E-state index < -0.39 is 10.8 Å². The zero-order valence-corrected chi connectivity index (χ0v) is 18.0. The third-order valence-electron chi connectivity index (χ3n) is 6.25. The Kier molecular flexibility index (Phi) is 4.41. The molecule has 6 heteroatoms. The van der Waals surface area contributed by atoms with E-state index in [2.05, 4.69) is 25.2 Å². The van der Waals surface area contributed by atoms with Crippen molar-refractivity contribution >= 4 is 39.5 Å². The third-order valence-corrected chi connectivity index (χ3v) is 6.60. The maximum absolute atomic E-state index is 13.4. The Labute approximate surface area is 184 Å². The number of nitrogens with one attached hydrogen (secondary N) is 1. The molecule has 3 aromatic rings. The molecule has 1 aliphatic heterocycles. The van der Waals surface area contributed by atoms with E-state index in [9.17, 15) is 14.9 Å². The zero-order valence-electron chi connectivity index (χ0n) is 17.2. The van der Waals surface area contributed by atoms with Gasteiger partial charge in [0.25, 0.3) is 5.69 Å². The summed E-state index contributed by atoms with van der Waals surface area (Å²) in [6.45, 7) is 4.17. The number of anilines is 1. The fourth-order valence-corrected chi connectivity index (χ4v) is 5.21. The van der Waals surface area contributed by atoms with Gasteiger partial charge in [-0.25, -0.2) is 0 Å². The van der Waals surface area contributed by atoms with Crippen molar-refractivity contribution < 1.29 is 9.72 Å². The lowest BCUT2D eigenvalue weighted by atomic mass is 9.68. The van der Waals surface area contributed by atoms with Crippen molar-refractivity contribution in [1.82, 2.24) is 0 Å². The number of benzene rings is 3. The van der Waals surface area contributed by atoms with Gasteiger partial charge in [-0.1, -0.05) is 55.8 Å². The van der Waals surface area contributed by atoms with Crippen LogP contribution in [0.25, 0.3) is 10.8 Å². The average molecular weight is 433 g/mol. The lowest BCUT2D eigenvalue weighted by molar-refractivity contribution is -0.384. The second kappa shape index (κ2) is 6.92. The number of carbonyl (C=O) groups is 1. The van der Waals surface area contributed by atoms with Crippen LogP contribution in [0.5, 0.6) is 0 Å². The minimum absolute atomic E-state index is 0.0366. The standard InChI is InChI=1S/C25H21ClN2O3/c1-25(2)12-20-24(21(29)13-25)23(17-11-15(28(30)31)8-9-18(17)26)22-16-6-4-3-5-14(16)7-10-19(22)27-20/h3-11,23,27H,12-13H2,1-2H3. The number of fused-ring (bicyclic) bond motifs is 3. The number of non-ortho nitro benzene ring substituents is 1. The molecular formula is C25H21ClN2O3. The molecule has 0 fully saturated rings. The number of ketones is 1. The van der Waals surface area contributed by atoms with Crippen LogP contribution < -0.4 is 5.32 Å². The van der Waals surface area contributed by atoms with Crippen molar-refractivity contribution in [3.8, 4) is 0 Å². The van der Waals surface area contributed by atoms with E-state index in [1.54, 1.807) is 6.07 Å². The lowest BCUT2D eigenvalue weighted by Crippen LogP contribution is -2.34. The van der Waals surface area contributed by atoms with E-state index in [0.29, 0.717) is 22.6 Å². The highest BCUT2D eigenvalue weighted by Gasteiger charge is 2.42. The fourth-order valence-electron chi connectivity index (χ4n) is 4.98. The summed E-state index contributed by atoms with van der Waals surface area (Å²) >= 11 is 6.61. The monoisotopic (exact) mass is 432 g/mol. The molecule has 1 unspecified atom stereocenters. The van der Waals surface area contributed by atoms with Gasteiger partial charge in [0.2, 0.25) is 0 Å². The van der Waals surface area contributed by atoms with Crippen LogP contribution in [0.3, 0.4) is 0 Å². The van der Waals surface area contributed by atoms with Gasteiger partial charge in [0.1, 0.15) is 0 Å². The highest BCUT2D eigenvalue weighted by atomic mass is 35.5. The molecule has 0 saturated heterocycles. The molecule has 0 radical (unpaired) electrons. The Hall–Kier alpha value is -3.18. The number of carbonyl (C=O) groups excluding carboxylic acids is 1. The van der Waals surface area contributed by atoms with Crippen LogP contribution in [-0.4, -0.2) is 10.7 Å². The van der Waals surface area contributed by atoms with E-state index in [0.717, 1.165) is 34.1 Å². The maximum atomic E-state index is 13.4. The van der Waals surface area contributed by atoms with Crippen LogP contribution in [0.4, 0.5) is 11.4 Å². The van der Waals surface area contributed by atoms with Crippen molar-refractivity contribution in [3.05, 3.63) is 92.1 Å². The molecule has 0 saturated carbocycles. The van der Waals surface area contributed by atoms with Gasteiger partial charge in [0.05, 0.1) is 4.92 Å². The Balaban J connectivity index is 1.85. The highest BCUT2D eigenvalue weighted by Crippen LogP contribution is 2.52. The normalized spacial score (nSPS) is 19.6. The first-order valence-electron chi connectivity index (χ1n) is 10.2. The number of Topliss-reactive ketones (excluding diaryl/α,β-unsaturated/α-hetero) is 1. The number of allylic oxidation sites excluding steroid dienone is 2. The molecule has 1 heterocycles. The molecule has 3 aromatic carbocycles. The minimum atomic E-state index is -0.464. The average Bonchev–Trinajstić information content (AvgIpc) is 2.71. The second-order valence-electron chi connectivity index (χ2n) is 9.10. The number of nitro benzene ring substituents is 1. The van der Waals surface area contributed by atoms with Gasteiger partial charge < -0.3 is 5.32 Å². The Morgan fingerprint density at radius 2 is 1.87 bits per heavy atom. The summed E-state index contributed by atoms with van der Waals surface area (Å²) in [5.74, 6) is -0.404. The van der Waals surface area contributed by atoms with Gasteiger partial charge in [-0.15, -0.1) is 0 Å². The lowest BCUT2D eigenvalue weighted by Gasteiger charge is -2.40. The number of halogens is 1. The molecular weight excluding hydrogens is 412 g/mol. The summed E-state index contributed by atoms with van der Waals surface area (Å²) in [4.78, 5) is 24.5. The first kappa shape index (κ1) is 19.8. The zero-order chi connectivity index (χ0) is 21.9. The molecule has 5 rings (SSSR count). The molecule has 1 atom stereocenters. The van der Waals surface area contributed by atoms with Crippen LogP contribution in [0.1, 0.15) is 43.7 Å². The van der Waals surface area contributed by atoms with E-state index in [4.69, 9.17) is 11.6 Å². The van der Waals surface area contributed by atoms with Crippen molar-refractivity contribution in [3.63, 3.8) is 0 Å². The predicted molar refractivity (Wildman–Crippen MR) is 123 cm³/mol. The largest absolute Gasteiger partial charge is 0.358 e. The first-order chi connectivity index (χ1) is 14.7. The predicted octanol–water partition coefficient (Wildman–Crippen LogP) is 6.60. The van der Waals surface area contributed by atoms with Crippen LogP contribution in [0.15, 0.2) is 65.9 Å². The van der Waals surface area contributed by atoms with E-state index in [-0.39, 0.29) is 16.9 Å². The van der Waals surface area contributed by atoms with Crippen molar-refractivity contribution in [1.29, 1.82) is 0 Å². The summed E-state index contributed by atoms with van der Waals surface area (Å²) in [5.41, 5.74) is 3.81. The molecule has 0 spiro atoms. The molecule has 2 aliphatic rings. The second-order valence-corrected chi connectivity index (χ2v) is 9.51. The van der Waals surface area contributed by atoms with E-state index in [1.807, 2.05) is 30.3 Å². The van der Waals surface area contributed by atoms with Crippen molar-refractivity contribution in [2.45, 2.75) is 32.6 Å². The molecule has 31 heavy (non-hydrogen) atoms.